The van der Waals surface area contributed by atoms with Gasteiger partial charge in [-0.3, -0.25) is 9.59 Å². The second-order valence-corrected chi connectivity index (χ2v) is 14.4. The summed E-state index contributed by atoms with van der Waals surface area (Å²) in [6.07, 6.45) is 6.23. The molecule has 0 bridgehead atoms. The minimum Gasteiger partial charge on any atom is -0.458 e. The zero-order chi connectivity index (χ0) is 28.1. The van der Waals surface area contributed by atoms with Crippen LogP contribution in [0.2, 0.25) is 0 Å². The third-order valence-electron chi connectivity index (χ3n) is 11.9. The highest BCUT2D eigenvalue weighted by molar-refractivity contribution is 5.68. The Morgan fingerprint density at radius 2 is 1.77 bits per heavy atom. The molecule has 0 N–H and O–H groups in total. The quantitative estimate of drug-likeness (QED) is 0.358. The summed E-state index contributed by atoms with van der Waals surface area (Å²) in [6, 6.07) is 0. The molecule has 4 aliphatic carbocycles. The Balaban J connectivity index is 1.55. The lowest BCUT2D eigenvalue weighted by atomic mass is 9.37. The van der Waals surface area contributed by atoms with Gasteiger partial charge in [-0.1, -0.05) is 46.3 Å². The first-order valence-electron chi connectivity index (χ1n) is 14.8. The number of hydrogen-bond acceptors (Lipinski definition) is 7. The third-order valence-corrected chi connectivity index (χ3v) is 11.9. The number of oxazole rings is 1. The molecule has 0 amide bonds. The van der Waals surface area contributed by atoms with Crippen LogP contribution in [0.15, 0.2) is 16.1 Å². The molecular weight excluding hydrogens is 494 g/mol. The maximum absolute atomic E-state index is 12.8. The standard InChI is InChI=1S/C32H45NO6/c1-17-33-27-22(37-17)15-31(7)24-11-13-30(6)21(20-12-14-36-16-20)9-10-23(30)32(24,8)28(39-19(3)35)25(38-18(2)34)26(31)29(27,4)5/h10,20-21,24-26,28H,9,11-16H2,1-8H3/t20?,21-,24+,25+,26-,28+,30-,31+,32-/m0/s1. The number of aromatic nitrogens is 1. The SMILES string of the molecule is CC(=O)O[C@H]1[C@@H](OC(C)=O)[C@@]2(C)C3=CC[C@@H](C4CCOC4)[C@]3(C)CC[C@@H]2[C@@]2(C)Cc3oc(C)nc3C(C)(C)[C@H]12. The highest BCUT2D eigenvalue weighted by atomic mass is 16.6. The van der Waals surface area contributed by atoms with E-state index in [-0.39, 0.29) is 34.6 Å². The van der Waals surface area contributed by atoms with E-state index in [1.807, 2.05) is 6.92 Å². The molecular formula is C32H45NO6. The van der Waals surface area contributed by atoms with Gasteiger partial charge in [-0.05, 0) is 54.3 Å². The van der Waals surface area contributed by atoms with E-state index in [2.05, 4.69) is 40.7 Å². The van der Waals surface area contributed by atoms with Gasteiger partial charge < -0.3 is 18.6 Å². The van der Waals surface area contributed by atoms with Crippen molar-refractivity contribution < 1.29 is 28.2 Å². The fourth-order valence-corrected chi connectivity index (χ4v) is 10.8. The number of nitrogens with zero attached hydrogens (tertiary/aromatic N) is 1. The van der Waals surface area contributed by atoms with Gasteiger partial charge in [-0.15, -0.1) is 0 Å². The molecule has 5 aliphatic rings. The number of hydrogen-bond donors (Lipinski definition) is 0. The van der Waals surface area contributed by atoms with Crippen LogP contribution in [0, 0.1) is 46.8 Å². The van der Waals surface area contributed by atoms with Crippen molar-refractivity contribution >= 4 is 11.9 Å². The summed E-state index contributed by atoms with van der Waals surface area (Å²) in [5, 5.41) is 0. The van der Waals surface area contributed by atoms with Gasteiger partial charge in [-0.25, -0.2) is 4.98 Å². The average molecular weight is 540 g/mol. The van der Waals surface area contributed by atoms with E-state index < -0.39 is 23.0 Å². The van der Waals surface area contributed by atoms with Crippen molar-refractivity contribution in [1.29, 1.82) is 0 Å². The average Bonchev–Trinajstić information content (AvgIpc) is 3.54. The van der Waals surface area contributed by atoms with Crippen LogP contribution in [0.25, 0.3) is 0 Å². The predicted molar refractivity (Wildman–Crippen MR) is 145 cm³/mol. The van der Waals surface area contributed by atoms with Gasteiger partial charge in [0.25, 0.3) is 0 Å². The molecule has 0 aromatic carbocycles. The summed E-state index contributed by atoms with van der Waals surface area (Å²) >= 11 is 0. The van der Waals surface area contributed by atoms with E-state index in [1.54, 1.807) is 0 Å². The van der Waals surface area contributed by atoms with Gasteiger partial charge in [0.2, 0.25) is 0 Å². The third kappa shape index (κ3) is 3.60. The second-order valence-electron chi connectivity index (χ2n) is 14.4. The molecule has 2 heterocycles. The van der Waals surface area contributed by atoms with Crippen LogP contribution in [0.1, 0.15) is 91.5 Å². The lowest BCUT2D eigenvalue weighted by molar-refractivity contribution is -0.244. The normalized spacial score (nSPS) is 43.9. The van der Waals surface area contributed by atoms with Crippen molar-refractivity contribution in [3.8, 4) is 0 Å². The molecule has 7 heteroatoms. The number of allylic oxidation sites excluding steroid dienone is 1. The Morgan fingerprint density at radius 1 is 1.05 bits per heavy atom. The van der Waals surface area contributed by atoms with Crippen LogP contribution < -0.4 is 0 Å². The van der Waals surface area contributed by atoms with Crippen LogP contribution in [0.5, 0.6) is 0 Å². The molecule has 0 spiro atoms. The summed E-state index contributed by atoms with van der Waals surface area (Å²) < 4.78 is 24.7. The van der Waals surface area contributed by atoms with E-state index in [4.69, 9.17) is 23.6 Å². The first-order chi connectivity index (χ1) is 18.2. The molecule has 7 nitrogen and oxygen atoms in total. The molecule has 1 saturated heterocycles. The van der Waals surface area contributed by atoms with E-state index in [0.29, 0.717) is 17.7 Å². The molecule has 0 radical (unpaired) electrons. The molecule has 1 unspecified atom stereocenters. The topological polar surface area (TPSA) is 87.9 Å². The molecule has 1 aromatic rings. The maximum atomic E-state index is 12.8. The summed E-state index contributed by atoms with van der Waals surface area (Å²) in [5.41, 5.74) is 1.12. The van der Waals surface area contributed by atoms with Crippen molar-refractivity contribution in [1.82, 2.24) is 4.98 Å². The number of aryl methyl sites for hydroxylation is 1. The van der Waals surface area contributed by atoms with Crippen LogP contribution in [0.4, 0.5) is 0 Å². The molecule has 2 saturated carbocycles. The van der Waals surface area contributed by atoms with E-state index in [9.17, 15) is 9.59 Å². The predicted octanol–water partition coefficient (Wildman–Crippen LogP) is 5.72. The van der Waals surface area contributed by atoms with Crippen LogP contribution >= 0.6 is 0 Å². The summed E-state index contributed by atoms with van der Waals surface area (Å²) in [5.74, 6) is 2.09. The molecule has 6 rings (SSSR count). The largest absolute Gasteiger partial charge is 0.458 e. The van der Waals surface area contributed by atoms with E-state index in [1.165, 1.54) is 19.4 Å². The fraction of sp³-hybridized carbons (Fsp3) is 0.781. The smallest absolute Gasteiger partial charge is 0.303 e. The summed E-state index contributed by atoms with van der Waals surface area (Å²) in [7, 11) is 0. The Bertz CT molecular complexity index is 1230. The highest BCUT2D eigenvalue weighted by Gasteiger charge is 2.73. The Kier molecular flexibility index (Phi) is 6.01. The van der Waals surface area contributed by atoms with Crippen molar-refractivity contribution in [2.45, 2.75) is 105 Å². The number of ether oxygens (including phenoxy) is 3. The zero-order valence-corrected chi connectivity index (χ0v) is 24.9. The number of fused-ring (bicyclic) bond motifs is 6. The van der Waals surface area contributed by atoms with Crippen molar-refractivity contribution in [3.63, 3.8) is 0 Å². The number of carbonyl (C=O) groups is 2. The van der Waals surface area contributed by atoms with E-state index in [0.717, 1.165) is 56.8 Å². The van der Waals surface area contributed by atoms with E-state index >= 15 is 0 Å². The van der Waals surface area contributed by atoms with Crippen molar-refractivity contribution in [3.05, 3.63) is 29.0 Å². The molecule has 1 aliphatic heterocycles. The van der Waals surface area contributed by atoms with Crippen molar-refractivity contribution in [2.24, 2.45) is 39.9 Å². The van der Waals surface area contributed by atoms with Crippen LogP contribution in [-0.2, 0) is 35.6 Å². The molecule has 1 aromatic heterocycles. The first kappa shape index (κ1) is 27.0. The Hall–Kier alpha value is -2.15. The minimum absolute atomic E-state index is 0.00977. The molecule has 39 heavy (non-hydrogen) atoms. The lowest BCUT2D eigenvalue weighted by Crippen LogP contribution is -2.71. The van der Waals surface area contributed by atoms with Gasteiger partial charge in [0.05, 0.1) is 5.69 Å². The lowest BCUT2D eigenvalue weighted by Gasteiger charge is -2.68. The Labute approximate surface area is 232 Å². The maximum Gasteiger partial charge on any atom is 0.303 e. The van der Waals surface area contributed by atoms with Gasteiger partial charge in [0.1, 0.15) is 18.0 Å². The minimum atomic E-state index is -0.602. The fourth-order valence-electron chi connectivity index (χ4n) is 10.8. The summed E-state index contributed by atoms with van der Waals surface area (Å²) in [4.78, 5) is 30.3. The zero-order valence-electron chi connectivity index (χ0n) is 24.9. The highest BCUT2D eigenvalue weighted by Crippen LogP contribution is 2.73. The number of esters is 2. The molecule has 3 fully saturated rings. The first-order valence-corrected chi connectivity index (χ1v) is 14.8. The van der Waals surface area contributed by atoms with Crippen LogP contribution in [-0.4, -0.2) is 42.3 Å². The van der Waals surface area contributed by atoms with Gasteiger partial charge >= 0.3 is 11.9 Å². The monoisotopic (exact) mass is 539 g/mol. The molecule has 9 atom stereocenters. The van der Waals surface area contributed by atoms with Crippen molar-refractivity contribution in [2.75, 3.05) is 13.2 Å². The van der Waals surface area contributed by atoms with Gasteiger partial charge in [-0.2, -0.15) is 0 Å². The number of rotatable bonds is 3. The summed E-state index contributed by atoms with van der Waals surface area (Å²) in [6.45, 7) is 18.0. The van der Waals surface area contributed by atoms with Gasteiger partial charge in [0.15, 0.2) is 5.89 Å². The van der Waals surface area contributed by atoms with Crippen LogP contribution in [0.3, 0.4) is 0 Å². The Morgan fingerprint density at radius 3 is 2.41 bits per heavy atom. The second kappa shape index (κ2) is 8.67. The van der Waals surface area contributed by atoms with Gasteiger partial charge in [0, 0.05) is 57.2 Å². The molecule has 214 valence electrons. The number of carbonyl (C=O) groups excluding carboxylic acids is 2.